The fourth-order valence-corrected chi connectivity index (χ4v) is 6.84. The first-order chi connectivity index (χ1) is 13.7. The van der Waals surface area contributed by atoms with Gasteiger partial charge in [0.25, 0.3) is 5.56 Å². The summed E-state index contributed by atoms with van der Waals surface area (Å²) in [4.78, 5) is 20.9. The molecule has 1 saturated carbocycles. The van der Waals surface area contributed by atoms with Crippen molar-refractivity contribution in [3.8, 4) is 0 Å². The fourth-order valence-electron chi connectivity index (χ4n) is 4.51. The number of halogens is 1. The van der Waals surface area contributed by atoms with E-state index in [4.69, 9.17) is 4.98 Å². The third kappa shape index (κ3) is 3.30. The van der Waals surface area contributed by atoms with Crippen LogP contribution >= 0.6 is 23.1 Å². The summed E-state index contributed by atoms with van der Waals surface area (Å²) in [5.74, 6) is 0.469. The van der Waals surface area contributed by atoms with Crippen LogP contribution in [-0.2, 0) is 18.6 Å². The Bertz CT molecular complexity index is 1060. The Kier molecular flexibility index (Phi) is 5.01. The highest BCUT2D eigenvalue weighted by atomic mass is 32.2. The Morgan fingerprint density at radius 3 is 2.64 bits per heavy atom. The minimum Gasteiger partial charge on any atom is -0.284 e. The number of aromatic nitrogens is 2. The summed E-state index contributed by atoms with van der Waals surface area (Å²) in [5, 5.41) is 1.71. The van der Waals surface area contributed by atoms with E-state index in [-0.39, 0.29) is 17.4 Å². The maximum absolute atomic E-state index is 13.6. The minimum atomic E-state index is -0.222. The van der Waals surface area contributed by atoms with Gasteiger partial charge in [-0.3, -0.25) is 9.36 Å². The zero-order valence-corrected chi connectivity index (χ0v) is 17.4. The molecule has 0 aliphatic heterocycles. The first-order valence-corrected chi connectivity index (χ1v) is 11.9. The molecule has 0 atom stereocenters. The lowest BCUT2D eigenvalue weighted by atomic mass is 9.97. The van der Waals surface area contributed by atoms with E-state index in [1.54, 1.807) is 23.1 Å². The molecule has 0 amide bonds. The van der Waals surface area contributed by atoms with Gasteiger partial charge in [-0.05, 0) is 61.8 Å². The maximum atomic E-state index is 13.6. The van der Waals surface area contributed by atoms with E-state index in [0.29, 0.717) is 5.75 Å². The van der Waals surface area contributed by atoms with Crippen LogP contribution in [0.1, 0.15) is 60.6 Å². The van der Waals surface area contributed by atoms with Gasteiger partial charge >= 0.3 is 0 Å². The Morgan fingerprint density at radius 2 is 1.86 bits per heavy atom. The van der Waals surface area contributed by atoms with E-state index in [9.17, 15) is 9.18 Å². The summed E-state index contributed by atoms with van der Waals surface area (Å²) in [6, 6.07) is 6.86. The predicted octanol–water partition coefficient (Wildman–Crippen LogP) is 5.88. The van der Waals surface area contributed by atoms with Crippen LogP contribution in [0.3, 0.4) is 0 Å². The van der Waals surface area contributed by atoms with Crippen LogP contribution in [0.25, 0.3) is 10.2 Å². The Balaban J connectivity index is 1.58. The van der Waals surface area contributed by atoms with E-state index in [2.05, 4.69) is 0 Å². The van der Waals surface area contributed by atoms with Gasteiger partial charge in [-0.15, -0.1) is 11.3 Å². The molecule has 28 heavy (non-hydrogen) atoms. The minimum absolute atomic E-state index is 0.165. The zero-order chi connectivity index (χ0) is 19.1. The molecule has 2 aromatic heterocycles. The van der Waals surface area contributed by atoms with E-state index >= 15 is 0 Å². The summed E-state index contributed by atoms with van der Waals surface area (Å²) < 4.78 is 15.2. The molecule has 2 heterocycles. The highest BCUT2D eigenvalue weighted by Gasteiger charge is 2.26. The lowest BCUT2D eigenvalue weighted by Crippen LogP contribution is -2.26. The van der Waals surface area contributed by atoms with Gasteiger partial charge in [-0.2, -0.15) is 0 Å². The summed E-state index contributed by atoms with van der Waals surface area (Å²) in [6.45, 7) is 0. The lowest BCUT2D eigenvalue weighted by Gasteiger charge is -2.18. The molecule has 2 aliphatic carbocycles. The summed E-state index contributed by atoms with van der Waals surface area (Å²) in [7, 11) is 0. The van der Waals surface area contributed by atoms with Crippen LogP contribution in [0.2, 0.25) is 0 Å². The van der Waals surface area contributed by atoms with Crippen molar-refractivity contribution >= 4 is 33.3 Å². The second-order valence-corrected chi connectivity index (χ2v) is 9.84. The molecular formula is C22H23FN2OS2. The van der Waals surface area contributed by atoms with Crippen molar-refractivity contribution in [1.29, 1.82) is 0 Å². The third-order valence-electron chi connectivity index (χ3n) is 5.96. The van der Waals surface area contributed by atoms with Crippen LogP contribution < -0.4 is 5.56 Å². The van der Waals surface area contributed by atoms with Crippen molar-refractivity contribution < 1.29 is 4.39 Å². The van der Waals surface area contributed by atoms with Gasteiger partial charge in [0.1, 0.15) is 10.6 Å². The topological polar surface area (TPSA) is 34.9 Å². The van der Waals surface area contributed by atoms with Gasteiger partial charge in [-0.1, -0.05) is 36.7 Å². The third-order valence-corrected chi connectivity index (χ3v) is 8.17. The molecule has 1 aromatic carbocycles. The van der Waals surface area contributed by atoms with Crippen molar-refractivity contribution in [2.24, 2.45) is 0 Å². The number of nitrogens with zero attached hydrogens (tertiary/aromatic N) is 2. The quantitative estimate of drug-likeness (QED) is 0.395. The number of hydrogen-bond donors (Lipinski definition) is 0. The first-order valence-electron chi connectivity index (χ1n) is 10.1. The second-order valence-electron chi connectivity index (χ2n) is 7.81. The van der Waals surface area contributed by atoms with Crippen molar-refractivity contribution in [2.75, 3.05) is 0 Å². The average Bonchev–Trinajstić information content (AvgIpc) is 3.35. The summed E-state index contributed by atoms with van der Waals surface area (Å²) >= 11 is 3.32. The van der Waals surface area contributed by atoms with Crippen LogP contribution in [0.4, 0.5) is 4.39 Å². The largest absolute Gasteiger partial charge is 0.284 e. The average molecular weight is 415 g/mol. The predicted molar refractivity (Wildman–Crippen MR) is 114 cm³/mol. The monoisotopic (exact) mass is 414 g/mol. The Hall–Kier alpha value is -1.66. The SMILES string of the molecule is O=c1c2c3c(sc2nc(SCc2ccc(F)cc2)n1C1CCCC1)CCCC3. The summed E-state index contributed by atoms with van der Waals surface area (Å²) in [6.07, 6.45) is 8.95. The number of aryl methyl sites for hydroxylation is 2. The van der Waals surface area contributed by atoms with Gasteiger partial charge in [-0.25, -0.2) is 9.37 Å². The van der Waals surface area contributed by atoms with Crippen LogP contribution in [-0.4, -0.2) is 9.55 Å². The van der Waals surface area contributed by atoms with Gasteiger partial charge in [0, 0.05) is 16.7 Å². The number of hydrogen-bond acceptors (Lipinski definition) is 4. The van der Waals surface area contributed by atoms with Crippen LogP contribution in [0, 0.1) is 5.82 Å². The number of thioether (sulfide) groups is 1. The molecule has 0 spiro atoms. The van der Waals surface area contributed by atoms with Crippen molar-refractivity contribution in [3.05, 3.63) is 56.4 Å². The lowest BCUT2D eigenvalue weighted by molar-refractivity contribution is 0.457. The van der Waals surface area contributed by atoms with Crippen molar-refractivity contribution in [3.63, 3.8) is 0 Å². The molecule has 0 bridgehead atoms. The number of rotatable bonds is 4. The first kappa shape index (κ1) is 18.4. The smallest absolute Gasteiger partial charge is 0.263 e. The van der Waals surface area contributed by atoms with Crippen LogP contribution in [0.5, 0.6) is 0 Å². The molecular weight excluding hydrogens is 391 g/mol. The number of thiophene rings is 1. The molecule has 0 radical (unpaired) electrons. The molecule has 6 heteroatoms. The summed E-state index contributed by atoms with van der Waals surface area (Å²) in [5.41, 5.74) is 2.48. The molecule has 146 valence electrons. The molecule has 0 unspecified atom stereocenters. The highest BCUT2D eigenvalue weighted by Crippen LogP contribution is 2.37. The highest BCUT2D eigenvalue weighted by molar-refractivity contribution is 7.98. The zero-order valence-electron chi connectivity index (χ0n) is 15.7. The maximum Gasteiger partial charge on any atom is 0.263 e. The number of benzene rings is 1. The molecule has 5 rings (SSSR count). The molecule has 0 N–H and O–H groups in total. The molecule has 2 aliphatic rings. The number of fused-ring (bicyclic) bond motifs is 3. The van der Waals surface area contributed by atoms with Gasteiger partial charge in [0.2, 0.25) is 0 Å². The molecule has 3 aromatic rings. The second kappa shape index (κ2) is 7.64. The Labute approximate surface area is 172 Å². The molecule has 0 saturated heterocycles. The van der Waals surface area contributed by atoms with E-state index in [1.807, 2.05) is 16.7 Å². The van der Waals surface area contributed by atoms with E-state index in [0.717, 1.165) is 46.6 Å². The van der Waals surface area contributed by atoms with Crippen molar-refractivity contribution in [2.45, 2.75) is 68.3 Å². The standard InChI is InChI=1S/C22H23FN2OS2/c23-15-11-9-14(10-12-15)13-27-22-24-20-19(17-7-3-4-8-18(17)28-20)21(26)25(22)16-5-1-2-6-16/h9-12,16H,1-8,13H2. The van der Waals surface area contributed by atoms with E-state index < -0.39 is 0 Å². The van der Waals surface area contributed by atoms with Crippen molar-refractivity contribution in [1.82, 2.24) is 9.55 Å². The van der Waals surface area contributed by atoms with Gasteiger partial charge in [0.05, 0.1) is 5.39 Å². The van der Waals surface area contributed by atoms with Crippen LogP contribution in [0.15, 0.2) is 34.2 Å². The van der Waals surface area contributed by atoms with E-state index in [1.165, 1.54) is 48.3 Å². The Morgan fingerprint density at radius 1 is 1.11 bits per heavy atom. The molecule has 1 fully saturated rings. The fraction of sp³-hybridized carbons (Fsp3) is 0.455. The molecule has 3 nitrogen and oxygen atoms in total. The normalized spacial score (nSPS) is 17.3. The van der Waals surface area contributed by atoms with Gasteiger partial charge < -0.3 is 0 Å². The van der Waals surface area contributed by atoms with Gasteiger partial charge in [0.15, 0.2) is 5.16 Å².